The number of aliphatic imine (C=N–C) groups is 1. The fraction of sp³-hybridized carbons (Fsp3) is 0.222. The third kappa shape index (κ3) is 5.34. The van der Waals surface area contributed by atoms with Crippen molar-refractivity contribution in [1.29, 1.82) is 0 Å². The maximum absolute atomic E-state index is 13.8. The Labute approximate surface area is 215 Å². The number of rotatable bonds is 7. The van der Waals surface area contributed by atoms with Gasteiger partial charge in [0.05, 0.1) is 16.3 Å². The number of nitrogens with zero attached hydrogens (tertiary/aromatic N) is 2. The van der Waals surface area contributed by atoms with Gasteiger partial charge in [0.15, 0.2) is 0 Å². The maximum Gasteiger partial charge on any atom is 0.264 e. The van der Waals surface area contributed by atoms with Gasteiger partial charge >= 0.3 is 0 Å². The number of anilines is 1. The molecule has 0 saturated heterocycles. The molecule has 0 aromatic heterocycles. The lowest BCUT2D eigenvalue weighted by Crippen LogP contribution is -2.47. The fourth-order valence-electron chi connectivity index (χ4n) is 4.04. The maximum atomic E-state index is 13.8. The van der Waals surface area contributed by atoms with Gasteiger partial charge in [0, 0.05) is 16.1 Å². The van der Waals surface area contributed by atoms with Gasteiger partial charge in [0.1, 0.15) is 12.6 Å². The minimum absolute atomic E-state index is 0.0418. The molecule has 2 atom stereocenters. The molecule has 0 radical (unpaired) electrons. The second-order valence-electron chi connectivity index (χ2n) is 8.60. The van der Waals surface area contributed by atoms with Crippen LogP contribution in [-0.2, 0) is 19.6 Å². The number of carbonyl (C=O) groups is 2. The van der Waals surface area contributed by atoms with E-state index in [-0.39, 0.29) is 16.7 Å². The number of nitrogens with one attached hydrogen (secondary N) is 1. The van der Waals surface area contributed by atoms with E-state index in [4.69, 9.17) is 16.6 Å². The van der Waals surface area contributed by atoms with Gasteiger partial charge in [-0.25, -0.2) is 13.1 Å². The third-order valence-corrected chi connectivity index (χ3v) is 7.75. The Balaban J connectivity index is 1.77. The number of sulfonamides is 1. The van der Waals surface area contributed by atoms with Gasteiger partial charge < -0.3 is 4.90 Å². The van der Waals surface area contributed by atoms with Crippen LogP contribution in [-0.4, -0.2) is 38.5 Å². The van der Waals surface area contributed by atoms with Crippen LogP contribution >= 0.6 is 11.6 Å². The lowest BCUT2D eigenvalue weighted by molar-refractivity contribution is -0.124. The van der Waals surface area contributed by atoms with E-state index in [1.165, 1.54) is 17.0 Å². The van der Waals surface area contributed by atoms with E-state index in [9.17, 15) is 18.0 Å². The number of halogens is 1. The molecule has 0 bridgehead atoms. The normalized spacial score (nSPS) is 16.5. The zero-order valence-electron chi connectivity index (χ0n) is 19.9. The first-order valence-corrected chi connectivity index (χ1v) is 13.4. The van der Waals surface area contributed by atoms with E-state index < -0.39 is 28.5 Å². The fourth-order valence-corrected chi connectivity index (χ4v) is 5.21. The second-order valence-corrected chi connectivity index (χ2v) is 10.7. The number of hydrogen-bond acceptors (Lipinski definition) is 5. The van der Waals surface area contributed by atoms with Crippen molar-refractivity contribution < 1.29 is 18.0 Å². The molecule has 1 aliphatic heterocycles. The van der Waals surface area contributed by atoms with Crippen molar-refractivity contribution in [2.24, 2.45) is 10.9 Å². The lowest BCUT2D eigenvalue weighted by atomic mass is 9.98. The molecular formula is C27H26ClN3O4S. The van der Waals surface area contributed by atoms with E-state index in [2.05, 4.69) is 4.72 Å². The molecule has 36 heavy (non-hydrogen) atoms. The first-order valence-electron chi connectivity index (χ1n) is 11.6. The first kappa shape index (κ1) is 25.6. The summed E-state index contributed by atoms with van der Waals surface area (Å²) in [5.74, 6) is -1.34. The number of fused-ring (bicyclic) bond motifs is 1. The summed E-state index contributed by atoms with van der Waals surface area (Å²) in [5, 5.41) is 0.447. The Morgan fingerprint density at radius 2 is 1.69 bits per heavy atom. The highest BCUT2D eigenvalue weighted by molar-refractivity contribution is 7.90. The lowest BCUT2D eigenvalue weighted by Gasteiger charge is -2.26. The largest absolute Gasteiger partial charge is 0.300 e. The Kier molecular flexibility index (Phi) is 7.56. The predicted molar refractivity (Wildman–Crippen MR) is 141 cm³/mol. The Hall–Kier alpha value is -3.49. The van der Waals surface area contributed by atoms with Crippen molar-refractivity contribution in [1.82, 2.24) is 4.72 Å². The number of benzodiazepines with no additional fused rings is 1. The molecular weight excluding hydrogens is 498 g/mol. The van der Waals surface area contributed by atoms with Gasteiger partial charge in [-0.1, -0.05) is 80.4 Å². The predicted octanol–water partition coefficient (Wildman–Crippen LogP) is 4.44. The molecule has 0 saturated carbocycles. The summed E-state index contributed by atoms with van der Waals surface area (Å²) < 4.78 is 27.5. The zero-order chi connectivity index (χ0) is 25.9. The molecule has 0 aliphatic carbocycles. The summed E-state index contributed by atoms with van der Waals surface area (Å²) in [4.78, 5) is 32.9. The minimum atomic E-state index is -4.10. The van der Waals surface area contributed by atoms with Crippen LogP contribution in [0.3, 0.4) is 0 Å². The highest BCUT2D eigenvalue weighted by Gasteiger charge is 2.36. The number of carbonyl (C=O) groups excluding carboxylic acids is 2. The topological polar surface area (TPSA) is 95.9 Å². The van der Waals surface area contributed by atoms with Crippen LogP contribution in [0, 0.1) is 5.92 Å². The number of amides is 2. The summed E-state index contributed by atoms with van der Waals surface area (Å²) in [6.45, 7) is 3.40. The number of benzene rings is 3. The van der Waals surface area contributed by atoms with Crippen molar-refractivity contribution in [2.75, 3.05) is 11.4 Å². The summed E-state index contributed by atoms with van der Waals surface area (Å²) in [5.41, 5.74) is 2.42. The van der Waals surface area contributed by atoms with E-state index in [0.29, 0.717) is 28.4 Å². The Morgan fingerprint density at radius 1 is 1.06 bits per heavy atom. The van der Waals surface area contributed by atoms with Crippen molar-refractivity contribution >= 4 is 44.8 Å². The van der Waals surface area contributed by atoms with Gasteiger partial charge in [0.25, 0.3) is 21.8 Å². The van der Waals surface area contributed by atoms with Crippen LogP contribution < -0.4 is 9.62 Å². The van der Waals surface area contributed by atoms with Crippen LogP contribution in [0.1, 0.15) is 31.4 Å². The van der Waals surface area contributed by atoms with Gasteiger partial charge in [-0.15, -0.1) is 0 Å². The zero-order valence-corrected chi connectivity index (χ0v) is 21.5. The minimum Gasteiger partial charge on any atom is -0.300 e. The Bertz CT molecular complexity index is 1410. The molecule has 0 fully saturated rings. The molecule has 3 aromatic rings. The monoisotopic (exact) mass is 523 g/mol. The molecule has 1 heterocycles. The van der Waals surface area contributed by atoms with Crippen LogP contribution in [0.2, 0.25) is 5.02 Å². The molecule has 7 nitrogen and oxygen atoms in total. The second kappa shape index (κ2) is 10.6. The van der Waals surface area contributed by atoms with Gasteiger partial charge in [-0.2, -0.15) is 0 Å². The van der Waals surface area contributed by atoms with Crippen molar-refractivity contribution in [2.45, 2.75) is 31.2 Å². The average Bonchev–Trinajstić information content (AvgIpc) is 2.99. The Morgan fingerprint density at radius 3 is 2.33 bits per heavy atom. The van der Waals surface area contributed by atoms with E-state index in [0.717, 1.165) is 5.56 Å². The van der Waals surface area contributed by atoms with E-state index in [1.807, 2.05) is 44.2 Å². The molecule has 9 heteroatoms. The van der Waals surface area contributed by atoms with E-state index >= 15 is 0 Å². The van der Waals surface area contributed by atoms with Crippen LogP contribution in [0.15, 0.2) is 88.8 Å². The molecule has 186 valence electrons. The quantitative estimate of drug-likeness (QED) is 0.495. The van der Waals surface area contributed by atoms with Crippen molar-refractivity contribution in [3.63, 3.8) is 0 Å². The molecule has 4 rings (SSSR count). The molecule has 2 amide bonds. The average molecular weight is 524 g/mol. The summed E-state index contributed by atoms with van der Waals surface area (Å²) >= 11 is 6.34. The first-order chi connectivity index (χ1) is 17.2. The van der Waals surface area contributed by atoms with Crippen molar-refractivity contribution in [3.8, 4) is 0 Å². The van der Waals surface area contributed by atoms with Gasteiger partial charge in [-0.05, 0) is 36.2 Å². The van der Waals surface area contributed by atoms with Gasteiger partial charge in [-0.3, -0.25) is 14.6 Å². The van der Waals surface area contributed by atoms with E-state index in [1.54, 1.807) is 36.4 Å². The SMILES string of the molecule is CC[C@H](C)[C@@H]1N=C(c2ccccc2)c2cc(Cl)ccc2N(CC(=O)NS(=O)(=O)c2ccccc2)C1=O. The van der Waals surface area contributed by atoms with Crippen LogP contribution in [0.25, 0.3) is 0 Å². The van der Waals surface area contributed by atoms with Crippen LogP contribution in [0.5, 0.6) is 0 Å². The third-order valence-electron chi connectivity index (χ3n) is 6.13. The van der Waals surface area contributed by atoms with Crippen molar-refractivity contribution in [3.05, 3.63) is 95.0 Å². The van der Waals surface area contributed by atoms with Gasteiger partial charge in [0.2, 0.25) is 0 Å². The summed E-state index contributed by atoms with van der Waals surface area (Å²) in [7, 11) is -4.10. The number of hydrogen-bond donors (Lipinski definition) is 1. The molecule has 3 aromatic carbocycles. The smallest absolute Gasteiger partial charge is 0.264 e. The summed E-state index contributed by atoms with van der Waals surface area (Å²) in [6.07, 6.45) is 0.682. The van der Waals surface area contributed by atoms with Crippen LogP contribution in [0.4, 0.5) is 5.69 Å². The molecule has 1 aliphatic rings. The molecule has 1 N–H and O–H groups in total. The highest BCUT2D eigenvalue weighted by atomic mass is 35.5. The molecule has 0 spiro atoms. The standard InChI is InChI=1S/C27H26ClN3O4S/c1-3-18(2)25-27(33)31(17-24(32)30-36(34,35)21-12-8-5-9-13-21)23-15-14-20(28)16-22(23)26(29-25)19-10-6-4-7-11-19/h4-16,18,25H,3,17H2,1-2H3,(H,30,32)/t18-,25-/m0/s1. The molecule has 0 unspecified atom stereocenters. The summed E-state index contributed by atoms with van der Waals surface area (Å²) in [6, 6.07) is 21.3. The highest BCUT2D eigenvalue weighted by Crippen LogP contribution is 2.33.